The van der Waals surface area contributed by atoms with Crippen LogP contribution in [0, 0.1) is 17.1 Å². The molecule has 0 atom stereocenters. The van der Waals surface area contributed by atoms with E-state index < -0.39 is 16.0 Å². The van der Waals surface area contributed by atoms with Gasteiger partial charge < -0.3 is 15.1 Å². The van der Waals surface area contributed by atoms with Crippen LogP contribution in [-0.4, -0.2) is 50.0 Å². The van der Waals surface area contributed by atoms with Crippen LogP contribution in [0.3, 0.4) is 0 Å². The summed E-state index contributed by atoms with van der Waals surface area (Å²) in [6.45, 7) is 1.88. The zero-order chi connectivity index (χ0) is 21.7. The van der Waals surface area contributed by atoms with Crippen LogP contribution in [0.25, 0.3) is 0 Å². The maximum absolute atomic E-state index is 13.1. The third-order valence-electron chi connectivity index (χ3n) is 4.62. The fraction of sp³-hybridized carbons (Fsp3) is 0.200. The zero-order valence-electron chi connectivity index (χ0n) is 15.8. The smallest absolute Gasteiger partial charge is 0.294 e. The molecule has 3 rings (SSSR count). The molecule has 10 heteroatoms. The van der Waals surface area contributed by atoms with Crippen molar-refractivity contribution >= 4 is 27.4 Å². The van der Waals surface area contributed by atoms with Crippen molar-refractivity contribution in [1.82, 2.24) is 4.90 Å². The summed E-state index contributed by atoms with van der Waals surface area (Å²) in [5.41, 5.74) is 1.02. The monoisotopic (exact) mass is 430 g/mol. The van der Waals surface area contributed by atoms with Gasteiger partial charge in [0.15, 0.2) is 0 Å². The second-order valence-electron chi connectivity index (χ2n) is 6.57. The molecule has 2 N–H and O–H groups in total. The van der Waals surface area contributed by atoms with Gasteiger partial charge in [0.2, 0.25) is 0 Å². The maximum Gasteiger partial charge on any atom is 0.294 e. The first-order valence-electron chi connectivity index (χ1n) is 9.02. The molecule has 1 heterocycles. The van der Waals surface area contributed by atoms with Crippen LogP contribution in [0.1, 0.15) is 0 Å². The summed E-state index contributed by atoms with van der Waals surface area (Å²) in [4.78, 5) is 15.9. The van der Waals surface area contributed by atoms with Gasteiger partial charge in [0, 0.05) is 43.8 Å². The molecule has 0 saturated carbocycles. The van der Waals surface area contributed by atoms with Crippen LogP contribution in [0.2, 0.25) is 0 Å². The van der Waals surface area contributed by atoms with Gasteiger partial charge in [-0.05, 0) is 42.5 Å². The van der Waals surface area contributed by atoms with E-state index in [1.165, 1.54) is 42.6 Å². The van der Waals surface area contributed by atoms with Crippen LogP contribution in [0.5, 0.6) is 0 Å². The van der Waals surface area contributed by atoms with Gasteiger partial charge in [0.25, 0.3) is 16.0 Å². The number of piperazine rings is 1. The standard InChI is InChI=1S/C20H19FN4O4S/c21-16-4-6-18(7-5-16)24-8-10-25(11-9-24)20(26)15(13-22)14-23-17-2-1-3-19(12-17)30(27,28)29/h1-7,12,14,23H,8-11H2,(H,27,28,29)/b15-14-. The molecule has 1 aliphatic heterocycles. The predicted molar refractivity (Wildman–Crippen MR) is 109 cm³/mol. The summed E-state index contributed by atoms with van der Waals surface area (Å²) < 4.78 is 44.6. The Morgan fingerprint density at radius 2 is 1.80 bits per heavy atom. The highest BCUT2D eigenvalue weighted by molar-refractivity contribution is 7.85. The molecule has 1 amide bonds. The first-order valence-corrected chi connectivity index (χ1v) is 10.5. The van der Waals surface area contributed by atoms with E-state index >= 15 is 0 Å². The zero-order valence-corrected chi connectivity index (χ0v) is 16.6. The van der Waals surface area contributed by atoms with E-state index in [2.05, 4.69) is 5.32 Å². The lowest BCUT2D eigenvalue weighted by atomic mass is 10.2. The third kappa shape index (κ3) is 5.14. The third-order valence-corrected chi connectivity index (χ3v) is 5.47. The summed E-state index contributed by atoms with van der Waals surface area (Å²) in [6, 6.07) is 13.3. The van der Waals surface area contributed by atoms with Gasteiger partial charge in [0.1, 0.15) is 17.5 Å². The molecule has 156 valence electrons. The molecule has 0 bridgehead atoms. The number of anilines is 2. The molecule has 0 unspecified atom stereocenters. The lowest BCUT2D eigenvalue weighted by molar-refractivity contribution is -0.127. The van der Waals surface area contributed by atoms with Crippen molar-refractivity contribution in [1.29, 1.82) is 5.26 Å². The molecule has 1 fully saturated rings. The Balaban J connectivity index is 1.64. The highest BCUT2D eigenvalue weighted by Gasteiger charge is 2.24. The van der Waals surface area contributed by atoms with Crippen LogP contribution >= 0.6 is 0 Å². The van der Waals surface area contributed by atoms with Crippen molar-refractivity contribution in [2.45, 2.75) is 4.90 Å². The van der Waals surface area contributed by atoms with Gasteiger partial charge in [-0.1, -0.05) is 6.07 Å². The van der Waals surface area contributed by atoms with Gasteiger partial charge in [0.05, 0.1) is 4.90 Å². The van der Waals surface area contributed by atoms with E-state index in [9.17, 15) is 22.9 Å². The molecule has 2 aromatic rings. The molecule has 1 saturated heterocycles. The molecule has 30 heavy (non-hydrogen) atoms. The first-order chi connectivity index (χ1) is 14.3. The van der Waals surface area contributed by atoms with Gasteiger partial charge >= 0.3 is 0 Å². The molecule has 2 aromatic carbocycles. The Kier molecular flexibility index (Phi) is 6.34. The Hall–Kier alpha value is -3.42. The second kappa shape index (κ2) is 8.94. The average Bonchev–Trinajstić information content (AvgIpc) is 2.74. The average molecular weight is 430 g/mol. The summed E-state index contributed by atoms with van der Waals surface area (Å²) in [6.07, 6.45) is 1.21. The summed E-state index contributed by atoms with van der Waals surface area (Å²) in [7, 11) is -4.36. The number of benzene rings is 2. The number of nitrogens with zero attached hydrogens (tertiary/aromatic N) is 3. The van der Waals surface area contributed by atoms with Crippen molar-refractivity contribution in [3.05, 3.63) is 66.1 Å². The molecule has 0 spiro atoms. The van der Waals surface area contributed by atoms with Crippen molar-refractivity contribution in [2.24, 2.45) is 0 Å². The summed E-state index contributed by atoms with van der Waals surface area (Å²) in [5, 5.41) is 12.1. The fourth-order valence-electron chi connectivity index (χ4n) is 3.03. The lowest BCUT2D eigenvalue weighted by Gasteiger charge is -2.36. The Morgan fingerprint density at radius 1 is 1.13 bits per heavy atom. The second-order valence-corrected chi connectivity index (χ2v) is 7.99. The number of carbonyl (C=O) groups excluding carboxylic acids is 1. The minimum atomic E-state index is -4.36. The van der Waals surface area contributed by atoms with Crippen LogP contribution < -0.4 is 10.2 Å². The van der Waals surface area contributed by atoms with Crippen LogP contribution in [-0.2, 0) is 14.9 Å². The predicted octanol–water partition coefficient (Wildman–Crippen LogP) is 2.24. The number of amides is 1. The van der Waals surface area contributed by atoms with Crippen molar-refractivity contribution < 1.29 is 22.2 Å². The minimum Gasteiger partial charge on any atom is -0.368 e. The number of nitriles is 1. The number of carbonyl (C=O) groups is 1. The van der Waals surface area contributed by atoms with E-state index in [1.54, 1.807) is 17.0 Å². The van der Waals surface area contributed by atoms with E-state index in [0.717, 1.165) is 5.69 Å². The quantitative estimate of drug-likeness (QED) is 0.425. The van der Waals surface area contributed by atoms with Gasteiger partial charge in [-0.3, -0.25) is 9.35 Å². The Bertz CT molecular complexity index is 1100. The minimum absolute atomic E-state index is 0.137. The van der Waals surface area contributed by atoms with Crippen molar-refractivity contribution in [3.63, 3.8) is 0 Å². The number of rotatable bonds is 5. The van der Waals surface area contributed by atoms with Crippen molar-refractivity contribution in [3.8, 4) is 6.07 Å². The van der Waals surface area contributed by atoms with E-state index in [-0.39, 0.29) is 16.3 Å². The molecule has 0 aromatic heterocycles. The Morgan fingerprint density at radius 3 is 2.40 bits per heavy atom. The summed E-state index contributed by atoms with van der Waals surface area (Å²) in [5.74, 6) is -0.763. The molecule has 1 aliphatic rings. The van der Waals surface area contributed by atoms with Crippen molar-refractivity contribution in [2.75, 3.05) is 36.4 Å². The van der Waals surface area contributed by atoms with Gasteiger partial charge in [-0.25, -0.2) is 4.39 Å². The Labute approximate surface area is 173 Å². The normalized spacial score (nSPS) is 14.9. The largest absolute Gasteiger partial charge is 0.368 e. The fourth-order valence-corrected chi connectivity index (χ4v) is 3.56. The van der Waals surface area contributed by atoms with E-state index in [0.29, 0.717) is 31.9 Å². The molecule has 8 nitrogen and oxygen atoms in total. The molecular weight excluding hydrogens is 411 g/mol. The molecule has 0 radical (unpaired) electrons. The van der Waals surface area contributed by atoms with E-state index in [1.807, 2.05) is 11.0 Å². The topological polar surface area (TPSA) is 114 Å². The highest BCUT2D eigenvalue weighted by Crippen LogP contribution is 2.18. The van der Waals surface area contributed by atoms with Crippen LogP contribution in [0.15, 0.2) is 65.2 Å². The SMILES string of the molecule is N#C/C(=C/Nc1cccc(S(=O)(=O)O)c1)C(=O)N1CCN(c2ccc(F)cc2)CC1. The number of hydrogen-bond acceptors (Lipinski definition) is 6. The molecular formula is C20H19FN4O4S. The number of hydrogen-bond donors (Lipinski definition) is 2. The molecule has 0 aliphatic carbocycles. The van der Waals surface area contributed by atoms with E-state index in [4.69, 9.17) is 4.55 Å². The lowest BCUT2D eigenvalue weighted by Crippen LogP contribution is -2.49. The highest BCUT2D eigenvalue weighted by atomic mass is 32.2. The van der Waals surface area contributed by atoms with Gasteiger partial charge in [-0.15, -0.1) is 0 Å². The van der Waals surface area contributed by atoms with Crippen LogP contribution in [0.4, 0.5) is 15.8 Å². The first kappa shape index (κ1) is 21.3. The maximum atomic E-state index is 13.1. The van der Waals surface area contributed by atoms with Gasteiger partial charge in [-0.2, -0.15) is 13.7 Å². The summed E-state index contributed by atoms with van der Waals surface area (Å²) >= 11 is 0. The number of halogens is 1. The number of nitrogens with one attached hydrogen (secondary N) is 1.